The summed E-state index contributed by atoms with van der Waals surface area (Å²) in [6.45, 7) is -2.86. The van der Waals surface area contributed by atoms with Crippen molar-refractivity contribution in [3.63, 3.8) is 0 Å². The van der Waals surface area contributed by atoms with Gasteiger partial charge in [0.05, 0.1) is 0 Å². The summed E-state index contributed by atoms with van der Waals surface area (Å²) in [5, 5.41) is 0. The number of alkyl halides is 12. The highest BCUT2D eigenvalue weighted by molar-refractivity contribution is 9.12. The van der Waals surface area contributed by atoms with E-state index in [0.717, 1.165) is 0 Å². The van der Waals surface area contributed by atoms with E-state index in [4.69, 9.17) is 0 Å². The molecule has 116 valence electrons. The highest BCUT2D eigenvalue weighted by Gasteiger charge is 2.70. The lowest BCUT2D eigenvalue weighted by molar-refractivity contribution is -0.321. The van der Waals surface area contributed by atoms with Gasteiger partial charge in [0, 0.05) is 0 Å². The molecule has 0 aromatic rings. The smallest absolute Gasteiger partial charge is 0.327 e. The Morgan fingerprint density at radius 2 is 1.05 bits per heavy atom. The van der Waals surface area contributed by atoms with Crippen LogP contribution in [-0.2, 0) is 4.74 Å². The molecule has 19 heavy (non-hydrogen) atoms. The topological polar surface area (TPSA) is 9.23 Å². The SMILES string of the molecule is FC(F)(F)C(F)(F)CO[C@](F)(Br)[C@](F)(Br)C(F)(F)F. The van der Waals surface area contributed by atoms with E-state index in [1.54, 1.807) is 0 Å². The van der Waals surface area contributed by atoms with E-state index in [0.29, 0.717) is 0 Å². The van der Waals surface area contributed by atoms with Gasteiger partial charge in [-0.15, -0.1) is 0 Å². The van der Waals surface area contributed by atoms with Gasteiger partial charge in [-0.1, -0.05) is 0 Å². The maximum absolute atomic E-state index is 13.1. The molecule has 0 bridgehead atoms. The summed E-state index contributed by atoms with van der Waals surface area (Å²) in [5.41, 5.74) is 0. The molecule has 0 rings (SSSR count). The van der Waals surface area contributed by atoms with E-state index in [1.165, 1.54) is 31.9 Å². The van der Waals surface area contributed by atoms with E-state index in [9.17, 15) is 43.9 Å². The second kappa shape index (κ2) is 5.20. The van der Waals surface area contributed by atoms with Gasteiger partial charge < -0.3 is 4.74 Å². The molecule has 0 fully saturated rings. The Bertz CT molecular complexity index is 319. The average Bonchev–Trinajstić information content (AvgIpc) is 2.11. The Hall–Kier alpha value is 0.220. The van der Waals surface area contributed by atoms with Crippen molar-refractivity contribution in [1.29, 1.82) is 0 Å². The average molecular weight is 440 g/mol. The molecule has 2 atom stereocenters. The van der Waals surface area contributed by atoms with Crippen LogP contribution < -0.4 is 0 Å². The van der Waals surface area contributed by atoms with E-state index in [-0.39, 0.29) is 0 Å². The molecule has 0 aliphatic heterocycles. The van der Waals surface area contributed by atoms with E-state index >= 15 is 0 Å². The van der Waals surface area contributed by atoms with Gasteiger partial charge in [0.25, 0.3) is 0 Å². The van der Waals surface area contributed by atoms with Crippen molar-refractivity contribution in [3.05, 3.63) is 0 Å². The van der Waals surface area contributed by atoms with Crippen LogP contribution in [0.1, 0.15) is 0 Å². The van der Waals surface area contributed by atoms with Gasteiger partial charge in [0.1, 0.15) is 6.61 Å². The molecule has 0 aromatic carbocycles. The number of rotatable bonds is 4. The third-order valence-corrected chi connectivity index (χ3v) is 3.84. The van der Waals surface area contributed by atoms with Crippen LogP contribution in [-0.4, -0.2) is 34.2 Å². The molecule has 1 nitrogen and oxygen atoms in total. The Morgan fingerprint density at radius 1 is 0.684 bits per heavy atom. The normalized spacial score (nSPS) is 20.8. The van der Waals surface area contributed by atoms with Gasteiger partial charge in [0.15, 0.2) is 0 Å². The van der Waals surface area contributed by atoms with Crippen LogP contribution >= 0.6 is 31.9 Å². The van der Waals surface area contributed by atoms with Crippen molar-refractivity contribution in [3.8, 4) is 0 Å². The van der Waals surface area contributed by atoms with Gasteiger partial charge in [-0.2, -0.15) is 39.5 Å². The first-order valence-corrected chi connectivity index (χ1v) is 5.45. The molecular weight excluding hydrogens is 438 g/mol. The maximum Gasteiger partial charge on any atom is 0.455 e. The fraction of sp³-hybridized carbons (Fsp3) is 1.00. The second-order valence-corrected chi connectivity index (χ2v) is 5.19. The van der Waals surface area contributed by atoms with Crippen LogP contribution in [0, 0.1) is 0 Å². The molecule has 13 heteroatoms. The van der Waals surface area contributed by atoms with E-state index in [1.807, 2.05) is 0 Å². The Morgan fingerprint density at radius 3 is 1.32 bits per heavy atom. The molecule has 0 saturated heterocycles. The minimum absolute atomic E-state index is 1.18. The van der Waals surface area contributed by atoms with Gasteiger partial charge in [-0.05, 0) is 31.9 Å². The Kier molecular flexibility index (Phi) is 5.26. The molecule has 0 amide bonds. The predicted molar refractivity (Wildman–Crippen MR) is 48.5 cm³/mol. The molecule has 0 N–H and O–H groups in total. The summed E-state index contributed by atoms with van der Waals surface area (Å²) in [6, 6.07) is 0. The van der Waals surface area contributed by atoms with Gasteiger partial charge in [-0.3, -0.25) is 0 Å². The second-order valence-electron chi connectivity index (χ2n) is 3.08. The summed E-state index contributed by atoms with van der Waals surface area (Å²) < 4.78 is 115. The zero-order valence-corrected chi connectivity index (χ0v) is 11.3. The molecule has 0 saturated carbocycles. The number of hydrogen-bond donors (Lipinski definition) is 0. The lowest BCUT2D eigenvalue weighted by Gasteiger charge is -2.32. The minimum atomic E-state index is -6.19. The van der Waals surface area contributed by atoms with E-state index in [2.05, 4.69) is 4.74 Å². The van der Waals surface area contributed by atoms with Crippen molar-refractivity contribution < 1.29 is 48.6 Å². The number of hydrogen-bond acceptors (Lipinski definition) is 1. The lowest BCUT2D eigenvalue weighted by Crippen LogP contribution is -2.53. The maximum atomic E-state index is 13.1. The molecule has 0 spiro atoms. The van der Waals surface area contributed by atoms with Gasteiger partial charge in [0.2, 0.25) is 0 Å². The Labute approximate surface area is 115 Å². The van der Waals surface area contributed by atoms with Crippen molar-refractivity contribution in [1.82, 2.24) is 0 Å². The van der Waals surface area contributed by atoms with Crippen molar-refractivity contribution >= 4 is 31.9 Å². The zero-order valence-electron chi connectivity index (χ0n) is 8.15. The zero-order chi connectivity index (χ0) is 15.9. The Balaban J connectivity index is 5.01. The lowest BCUT2D eigenvalue weighted by atomic mass is 10.3. The monoisotopic (exact) mass is 438 g/mol. The molecule has 0 unspecified atom stereocenters. The minimum Gasteiger partial charge on any atom is -0.327 e. The molecule has 0 aliphatic carbocycles. The van der Waals surface area contributed by atoms with Gasteiger partial charge in [-0.25, -0.2) is 4.39 Å². The van der Waals surface area contributed by atoms with Crippen LogP contribution in [0.2, 0.25) is 0 Å². The fourth-order valence-corrected chi connectivity index (χ4v) is 0.972. The van der Waals surface area contributed by atoms with Crippen LogP contribution in [0.5, 0.6) is 0 Å². The van der Waals surface area contributed by atoms with Crippen LogP contribution in [0.25, 0.3) is 0 Å². The summed E-state index contributed by atoms with van der Waals surface area (Å²) in [4.78, 5) is 0. The first-order valence-electron chi connectivity index (χ1n) is 3.86. The third kappa shape index (κ3) is 4.09. The van der Waals surface area contributed by atoms with Crippen LogP contribution in [0.4, 0.5) is 43.9 Å². The van der Waals surface area contributed by atoms with Crippen molar-refractivity contribution in [2.45, 2.75) is 27.6 Å². The van der Waals surface area contributed by atoms with Gasteiger partial charge >= 0.3 is 27.6 Å². The highest BCUT2D eigenvalue weighted by atomic mass is 79.9. The molecular formula is C6H2Br2F10O. The first kappa shape index (κ1) is 19.2. The van der Waals surface area contributed by atoms with E-state index < -0.39 is 34.2 Å². The number of halogens is 12. The summed E-state index contributed by atoms with van der Waals surface area (Å²) in [7, 11) is 0. The van der Waals surface area contributed by atoms with Crippen molar-refractivity contribution in [2.24, 2.45) is 0 Å². The largest absolute Gasteiger partial charge is 0.455 e. The van der Waals surface area contributed by atoms with Crippen LogP contribution in [0.3, 0.4) is 0 Å². The summed E-state index contributed by atoms with van der Waals surface area (Å²) >= 11 is 2.50. The quantitative estimate of drug-likeness (QED) is 0.450. The molecule has 0 heterocycles. The van der Waals surface area contributed by atoms with Crippen molar-refractivity contribution in [2.75, 3.05) is 6.61 Å². The summed E-state index contributed by atoms with van der Waals surface area (Å²) in [6.07, 6.45) is -12.2. The first-order chi connectivity index (χ1) is 7.96. The third-order valence-electron chi connectivity index (χ3n) is 1.57. The molecule has 0 aromatic heterocycles. The summed E-state index contributed by atoms with van der Waals surface area (Å²) in [5.74, 6) is -5.66. The van der Waals surface area contributed by atoms with Crippen LogP contribution in [0.15, 0.2) is 0 Å². The highest BCUT2D eigenvalue weighted by Crippen LogP contribution is 2.53. The number of ether oxygens (including phenoxy) is 1. The molecule has 0 aliphatic rings. The predicted octanol–water partition coefficient (Wildman–Crippen LogP) is 4.84. The fourth-order valence-electron chi connectivity index (χ4n) is 0.519. The standard InChI is InChI=1S/C6H2Br2F10O/c7-3(11,6(16,17)18)4(8,12)19-1-2(9,10)5(13,14)15/h1H2/t3-,4+/m1/s1. The molecule has 0 radical (unpaired) electrons.